The number of nitrogens with two attached hydrogens (primary N) is 1. The third-order valence-corrected chi connectivity index (χ3v) is 1.96. The SMILES string of the molecule is NC(c1ccncc1)S(=O)O. The molecule has 0 spiro atoms. The van der Waals surface area contributed by atoms with Crippen LogP contribution in [0.3, 0.4) is 0 Å². The normalized spacial score (nSPS) is 15.8. The monoisotopic (exact) mass is 172 g/mol. The van der Waals surface area contributed by atoms with Gasteiger partial charge in [-0.15, -0.1) is 0 Å². The topological polar surface area (TPSA) is 76.2 Å². The van der Waals surface area contributed by atoms with Gasteiger partial charge in [-0.2, -0.15) is 0 Å². The molecule has 0 bridgehead atoms. The lowest BCUT2D eigenvalue weighted by Gasteiger charge is -2.04. The van der Waals surface area contributed by atoms with E-state index in [4.69, 9.17) is 10.3 Å². The van der Waals surface area contributed by atoms with Crippen molar-refractivity contribution in [3.8, 4) is 0 Å². The third kappa shape index (κ3) is 2.07. The summed E-state index contributed by atoms with van der Waals surface area (Å²) in [5, 5.41) is -0.835. The molecule has 60 valence electrons. The molecule has 11 heavy (non-hydrogen) atoms. The van der Waals surface area contributed by atoms with E-state index in [-0.39, 0.29) is 0 Å². The van der Waals surface area contributed by atoms with Crippen molar-refractivity contribution in [1.29, 1.82) is 0 Å². The lowest BCUT2D eigenvalue weighted by Crippen LogP contribution is -2.15. The smallest absolute Gasteiger partial charge is 0.175 e. The summed E-state index contributed by atoms with van der Waals surface area (Å²) >= 11 is -2.01. The molecule has 0 aromatic carbocycles. The van der Waals surface area contributed by atoms with Crippen LogP contribution < -0.4 is 5.73 Å². The van der Waals surface area contributed by atoms with E-state index in [2.05, 4.69) is 4.98 Å². The molecular weight excluding hydrogens is 164 g/mol. The van der Waals surface area contributed by atoms with E-state index in [1.54, 1.807) is 12.1 Å². The highest BCUT2D eigenvalue weighted by atomic mass is 32.2. The first-order valence-corrected chi connectivity index (χ1v) is 4.14. The maximum absolute atomic E-state index is 10.5. The minimum Gasteiger partial charge on any atom is -0.312 e. The van der Waals surface area contributed by atoms with E-state index in [0.717, 1.165) is 0 Å². The van der Waals surface area contributed by atoms with Crippen LogP contribution >= 0.6 is 0 Å². The van der Waals surface area contributed by atoms with E-state index in [1.807, 2.05) is 0 Å². The molecule has 0 saturated heterocycles. The second kappa shape index (κ2) is 3.56. The van der Waals surface area contributed by atoms with Crippen LogP contribution in [-0.2, 0) is 11.1 Å². The van der Waals surface area contributed by atoms with Crippen molar-refractivity contribution in [3.63, 3.8) is 0 Å². The summed E-state index contributed by atoms with van der Waals surface area (Å²) in [6.07, 6.45) is 3.06. The molecule has 0 saturated carbocycles. The molecule has 0 radical (unpaired) electrons. The number of nitrogens with zero attached hydrogens (tertiary/aromatic N) is 1. The van der Waals surface area contributed by atoms with E-state index in [9.17, 15) is 4.21 Å². The lowest BCUT2D eigenvalue weighted by molar-refractivity contribution is 0.551. The summed E-state index contributed by atoms with van der Waals surface area (Å²) in [7, 11) is 0. The third-order valence-electron chi connectivity index (χ3n) is 1.25. The van der Waals surface area contributed by atoms with Gasteiger partial charge in [0.25, 0.3) is 0 Å². The van der Waals surface area contributed by atoms with Gasteiger partial charge in [0.15, 0.2) is 11.1 Å². The number of hydrogen-bond acceptors (Lipinski definition) is 3. The first kappa shape index (κ1) is 8.32. The molecule has 5 heteroatoms. The number of hydrogen-bond donors (Lipinski definition) is 2. The van der Waals surface area contributed by atoms with Crippen LogP contribution in [-0.4, -0.2) is 13.7 Å². The molecule has 1 heterocycles. The molecule has 0 aliphatic rings. The molecule has 2 atom stereocenters. The molecular formula is C6H8N2O2S. The Labute approximate surface area is 66.7 Å². The standard InChI is InChI=1S/C6H8N2O2S/c7-6(11(9)10)5-1-3-8-4-2-5/h1-4,6H,7H2,(H,9,10). The summed E-state index contributed by atoms with van der Waals surface area (Å²) in [5.41, 5.74) is 5.97. The van der Waals surface area contributed by atoms with Gasteiger partial charge in [-0.3, -0.25) is 4.98 Å². The zero-order valence-corrected chi connectivity index (χ0v) is 6.49. The summed E-state index contributed by atoms with van der Waals surface area (Å²) in [4.78, 5) is 3.75. The first-order valence-electron chi connectivity index (χ1n) is 2.97. The van der Waals surface area contributed by atoms with Crippen LogP contribution in [0.15, 0.2) is 24.5 Å². The molecule has 1 aromatic heterocycles. The van der Waals surface area contributed by atoms with Gasteiger partial charge in [0, 0.05) is 12.4 Å². The van der Waals surface area contributed by atoms with E-state index >= 15 is 0 Å². The predicted molar refractivity (Wildman–Crippen MR) is 41.9 cm³/mol. The fourth-order valence-corrected chi connectivity index (χ4v) is 1.06. The Morgan fingerprint density at radius 3 is 2.55 bits per heavy atom. The Kier molecular flexibility index (Phi) is 2.70. The highest BCUT2D eigenvalue weighted by Crippen LogP contribution is 2.10. The molecule has 1 aromatic rings. The van der Waals surface area contributed by atoms with E-state index < -0.39 is 16.5 Å². The van der Waals surface area contributed by atoms with Crippen LogP contribution in [0.5, 0.6) is 0 Å². The van der Waals surface area contributed by atoms with Crippen LogP contribution in [0.1, 0.15) is 10.9 Å². The molecule has 0 fully saturated rings. The lowest BCUT2D eigenvalue weighted by atomic mass is 10.3. The van der Waals surface area contributed by atoms with Gasteiger partial charge < -0.3 is 10.3 Å². The Bertz CT molecular complexity index is 252. The van der Waals surface area contributed by atoms with Gasteiger partial charge in [0.1, 0.15) is 5.37 Å². The molecule has 0 aliphatic heterocycles. The molecule has 0 amide bonds. The number of rotatable bonds is 2. The van der Waals surface area contributed by atoms with Crippen molar-refractivity contribution in [2.45, 2.75) is 5.37 Å². The number of pyridine rings is 1. The Morgan fingerprint density at radius 2 is 2.09 bits per heavy atom. The Morgan fingerprint density at radius 1 is 1.55 bits per heavy atom. The van der Waals surface area contributed by atoms with Gasteiger partial charge >= 0.3 is 0 Å². The highest BCUT2D eigenvalue weighted by molar-refractivity contribution is 7.79. The van der Waals surface area contributed by atoms with E-state index in [1.165, 1.54) is 12.4 Å². The van der Waals surface area contributed by atoms with Crippen molar-refractivity contribution in [2.24, 2.45) is 5.73 Å². The van der Waals surface area contributed by atoms with E-state index in [0.29, 0.717) is 5.56 Å². The average molecular weight is 172 g/mol. The molecule has 2 unspecified atom stereocenters. The van der Waals surface area contributed by atoms with Crippen molar-refractivity contribution >= 4 is 11.1 Å². The van der Waals surface area contributed by atoms with Crippen molar-refractivity contribution in [2.75, 3.05) is 0 Å². The zero-order chi connectivity index (χ0) is 8.27. The summed E-state index contributed by atoms with van der Waals surface area (Å²) in [6.45, 7) is 0. The van der Waals surface area contributed by atoms with Crippen LogP contribution in [0.4, 0.5) is 0 Å². The second-order valence-electron chi connectivity index (χ2n) is 1.98. The highest BCUT2D eigenvalue weighted by Gasteiger charge is 2.10. The minimum atomic E-state index is -2.01. The van der Waals surface area contributed by atoms with Crippen molar-refractivity contribution in [1.82, 2.24) is 4.98 Å². The maximum Gasteiger partial charge on any atom is 0.175 e. The van der Waals surface area contributed by atoms with Crippen LogP contribution in [0.2, 0.25) is 0 Å². The summed E-state index contributed by atoms with van der Waals surface area (Å²) in [6, 6.07) is 3.22. The fraction of sp³-hybridized carbons (Fsp3) is 0.167. The predicted octanol–water partition coefficient (Wildman–Crippen LogP) is 0.261. The van der Waals surface area contributed by atoms with Crippen molar-refractivity contribution in [3.05, 3.63) is 30.1 Å². The quantitative estimate of drug-likeness (QED) is 0.627. The Hall–Kier alpha value is -0.780. The molecule has 4 nitrogen and oxygen atoms in total. The second-order valence-corrected chi connectivity index (χ2v) is 3.04. The van der Waals surface area contributed by atoms with Gasteiger partial charge in [0.2, 0.25) is 0 Å². The Balaban J connectivity index is 2.85. The summed E-state index contributed by atoms with van der Waals surface area (Å²) in [5.74, 6) is 0. The zero-order valence-electron chi connectivity index (χ0n) is 5.68. The van der Waals surface area contributed by atoms with Gasteiger partial charge in [-0.1, -0.05) is 0 Å². The fourth-order valence-electron chi connectivity index (χ4n) is 0.670. The molecule has 3 N–H and O–H groups in total. The number of aromatic nitrogens is 1. The molecule has 0 aliphatic carbocycles. The first-order chi connectivity index (χ1) is 5.22. The van der Waals surface area contributed by atoms with Crippen molar-refractivity contribution < 1.29 is 8.76 Å². The largest absolute Gasteiger partial charge is 0.312 e. The minimum absolute atomic E-state index is 0.612. The van der Waals surface area contributed by atoms with Gasteiger partial charge in [0.05, 0.1) is 0 Å². The van der Waals surface area contributed by atoms with Gasteiger partial charge in [-0.05, 0) is 17.7 Å². The average Bonchev–Trinajstić information content (AvgIpc) is 2.05. The van der Waals surface area contributed by atoms with Gasteiger partial charge in [-0.25, -0.2) is 4.21 Å². The molecule has 1 rings (SSSR count). The van der Waals surface area contributed by atoms with Crippen LogP contribution in [0, 0.1) is 0 Å². The summed E-state index contributed by atoms with van der Waals surface area (Å²) < 4.78 is 19.1. The maximum atomic E-state index is 10.5. The van der Waals surface area contributed by atoms with Crippen LogP contribution in [0.25, 0.3) is 0 Å².